The number of hydrogen-bond donors (Lipinski definition) is 1. The van der Waals surface area contributed by atoms with Gasteiger partial charge in [0, 0.05) is 33.4 Å². The molecule has 0 fully saturated rings. The van der Waals surface area contributed by atoms with Crippen molar-refractivity contribution in [3.63, 3.8) is 0 Å². The third-order valence-electron chi connectivity index (χ3n) is 9.34. The Hall–Kier alpha value is -6.55. The summed E-state index contributed by atoms with van der Waals surface area (Å²) in [6.45, 7) is 8.18. The van der Waals surface area contributed by atoms with Gasteiger partial charge in [0.25, 0.3) is 0 Å². The molecule has 8 bridgehead atoms. The molecule has 2 aliphatic heterocycles. The van der Waals surface area contributed by atoms with E-state index in [9.17, 15) is 0 Å². The van der Waals surface area contributed by atoms with Crippen molar-refractivity contribution in [3.8, 4) is 39.1 Å². The van der Waals surface area contributed by atoms with Gasteiger partial charge in [-0.05, 0) is 83.5 Å². The number of benzene rings is 4. The topological polar surface area (TPSA) is 55.7 Å². The molecule has 0 saturated carbocycles. The molecule has 4 aromatic carbocycles. The lowest BCUT2D eigenvalue weighted by atomic mass is 9.93. The van der Waals surface area contributed by atoms with E-state index < -0.39 is 0 Å². The van der Waals surface area contributed by atoms with Crippen LogP contribution in [-0.2, 0) is 4.74 Å². The summed E-state index contributed by atoms with van der Waals surface area (Å²) >= 11 is 0. The Balaban J connectivity index is 0.000000552. The lowest BCUT2D eigenvalue weighted by molar-refractivity contribution is 0.194. The molecule has 0 atom stereocenters. The summed E-state index contributed by atoms with van der Waals surface area (Å²) in [4.78, 5) is 13.9. The maximum absolute atomic E-state index is 5.29. The van der Waals surface area contributed by atoms with Gasteiger partial charge >= 0.3 is 0 Å². The lowest BCUT2D eigenvalue weighted by Gasteiger charge is -2.13. The van der Waals surface area contributed by atoms with Crippen LogP contribution in [0.3, 0.4) is 0 Å². The van der Waals surface area contributed by atoms with E-state index in [1.165, 1.54) is 0 Å². The largest absolute Gasteiger partial charge is 0.373 e. The van der Waals surface area contributed by atoms with Gasteiger partial charge in [0.2, 0.25) is 0 Å². The van der Waals surface area contributed by atoms with Gasteiger partial charge in [0.15, 0.2) is 17.4 Å². The van der Waals surface area contributed by atoms with Crippen LogP contribution in [0.1, 0.15) is 22.8 Å². The van der Waals surface area contributed by atoms with Gasteiger partial charge in [-0.15, -0.1) is 13.2 Å². The molecule has 272 valence electrons. The van der Waals surface area contributed by atoms with Gasteiger partial charge in [0.1, 0.15) is 0 Å². The Morgan fingerprint density at radius 2 is 0.982 bits per heavy atom. The van der Waals surface area contributed by atoms with Gasteiger partial charge in [-0.3, -0.25) is 0 Å². The summed E-state index contributed by atoms with van der Waals surface area (Å²) in [5.74, 6) is 0. The summed E-state index contributed by atoms with van der Waals surface area (Å²) < 4.78 is 7.30. The van der Waals surface area contributed by atoms with E-state index in [4.69, 9.17) is 14.7 Å². The highest BCUT2D eigenvalue weighted by atomic mass is 27.0. The lowest BCUT2D eigenvalue weighted by Crippen LogP contribution is -1.97. The molecule has 3 aromatic heterocycles. The van der Waals surface area contributed by atoms with Crippen molar-refractivity contribution in [2.75, 3.05) is 13.2 Å². The van der Waals surface area contributed by atoms with Crippen LogP contribution in [-0.4, -0.2) is 50.1 Å². The Bertz CT molecular complexity index is 2690. The number of nitrogens with one attached hydrogen (secondary N) is 1. The number of aromatic nitrogens is 4. The summed E-state index contributed by atoms with van der Waals surface area (Å²) in [5, 5.41) is 0. The molecule has 0 unspecified atom stereocenters. The van der Waals surface area contributed by atoms with Crippen molar-refractivity contribution in [1.29, 1.82) is 0 Å². The third kappa shape index (κ3) is 8.10. The van der Waals surface area contributed by atoms with Gasteiger partial charge in [-0.2, -0.15) is 0 Å². The van der Waals surface area contributed by atoms with E-state index in [0.29, 0.717) is 13.2 Å². The van der Waals surface area contributed by atoms with Crippen molar-refractivity contribution in [2.24, 2.45) is 0 Å². The van der Waals surface area contributed by atoms with Crippen LogP contribution >= 0.6 is 0 Å². The second kappa shape index (κ2) is 17.7. The summed E-state index contributed by atoms with van der Waals surface area (Å²) in [7, 11) is 0. The third-order valence-corrected chi connectivity index (χ3v) is 9.34. The Labute approximate surface area is 338 Å². The monoisotopic (exact) mass is 742 g/mol. The number of aromatic amines is 1. The van der Waals surface area contributed by atoms with E-state index >= 15 is 0 Å². The molecule has 7 aromatic rings. The Morgan fingerprint density at radius 1 is 0.518 bits per heavy atom. The van der Waals surface area contributed by atoms with Crippen molar-refractivity contribution in [1.82, 2.24) is 19.5 Å². The molecule has 0 radical (unpaired) electrons. The SMILES string of the molecule is C1=Cc2cc3c(-c4ccccc4)c(-c4ccccc4)c(c(-c4ccccc4)c4nc(cc5ccc(cc1n2)[nH]5)C=C4)n3-c1ccccc1.C=CCOCC=C.[AlH3]. The fraction of sp³-hybridized carbons (Fsp3) is 0.0400. The number of hydrogen-bond acceptors (Lipinski definition) is 3. The molecule has 56 heavy (non-hydrogen) atoms. The van der Waals surface area contributed by atoms with E-state index in [2.05, 4.69) is 199 Å². The van der Waals surface area contributed by atoms with Crippen molar-refractivity contribution in [2.45, 2.75) is 0 Å². The first-order chi connectivity index (χ1) is 27.2. The molecule has 6 heteroatoms. The van der Waals surface area contributed by atoms with Gasteiger partial charge in [-0.25, -0.2) is 9.97 Å². The number of rotatable bonds is 8. The quantitative estimate of drug-likeness (QED) is 0.0958. The van der Waals surface area contributed by atoms with Crippen molar-refractivity contribution < 1.29 is 4.74 Å². The average Bonchev–Trinajstić information content (AvgIpc) is 4.05. The van der Waals surface area contributed by atoms with Crippen LogP contribution in [0.15, 0.2) is 177 Å². The predicted molar refractivity (Wildman–Crippen MR) is 241 cm³/mol. The zero-order valence-corrected chi connectivity index (χ0v) is 30.5. The van der Waals surface area contributed by atoms with Gasteiger partial charge in [-0.1, -0.05) is 121 Å². The molecule has 9 rings (SSSR count). The second-order valence-electron chi connectivity index (χ2n) is 13.1. The normalized spacial score (nSPS) is 11.3. The van der Waals surface area contributed by atoms with Crippen LogP contribution in [0.5, 0.6) is 0 Å². The maximum atomic E-state index is 5.29. The molecule has 1 N–H and O–H groups in total. The number of ether oxygens (including phenoxy) is 1. The minimum absolute atomic E-state index is 0. The zero-order chi connectivity index (χ0) is 37.4. The molecule has 5 nitrogen and oxygen atoms in total. The van der Waals surface area contributed by atoms with Crippen molar-refractivity contribution >= 4 is 63.7 Å². The highest BCUT2D eigenvalue weighted by Crippen LogP contribution is 2.47. The van der Waals surface area contributed by atoms with Gasteiger partial charge < -0.3 is 14.3 Å². The molecule has 5 heterocycles. The first-order valence-corrected chi connectivity index (χ1v) is 18.4. The molecule has 0 aliphatic carbocycles. The van der Waals surface area contributed by atoms with Crippen LogP contribution in [0, 0.1) is 0 Å². The minimum atomic E-state index is 0. The molecule has 0 spiro atoms. The second-order valence-corrected chi connectivity index (χ2v) is 13.1. The van der Waals surface area contributed by atoms with E-state index in [-0.39, 0.29) is 17.4 Å². The van der Waals surface area contributed by atoms with E-state index in [1.807, 2.05) is 0 Å². The first kappa shape index (κ1) is 37.8. The number of fused-ring (bicyclic) bond motifs is 8. The summed E-state index contributed by atoms with van der Waals surface area (Å²) in [6.07, 6.45) is 11.9. The molecule has 0 saturated heterocycles. The van der Waals surface area contributed by atoms with E-state index in [1.54, 1.807) is 12.2 Å². The minimum Gasteiger partial charge on any atom is -0.373 e. The Morgan fingerprint density at radius 3 is 1.54 bits per heavy atom. The molecule has 0 amide bonds. The van der Waals surface area contributed by atoms with Gasteiger partial charge in [0.05, 0.1) is 47.0 Å². The average molecular weight is 743 g/mol. The smallest absolute Gasteiger partial charge is 0.187 e. The predicted octanol–water partition coefficient (Wildman–Crippen LogP) is 11.3. The van der Waals surface area contributed by atoms with Crippen LogP contribution in [0.4, 0.5) is 0 Å². The zero-order valence-electron chi connectivity index (χ0n) is 30.5. The summed E-state index contributed by atoms with van der Waals surface area (Å²) in [5.41, 5.74) is 15.4. The van der Waals surface area contributed by atoms with Crippen molar-refractivity contribution in [3.05, 3.63) is 200 Å². The molecule has 2 aliphatic rings. The maximum Gasteiger partial charge on any atom is 0.187 e. The highest BCUT2D eigenvalue weighted by molar-refractivity contribution is 6.10. The first-order valence-electron chi connectivity index (χ1n) is 18.4. The molecular formula is C50H43AlN4O. The fourth-order valence-corrected chi connectivity index (χ4v) is 7.05. The van der Waals surface area contributed by atoms with E-state index in [0.717, 1.165) is 83.9 Å². The molecular weight excluding hydrogens is 700 g/mol. The number of H-pyrrole nitrogens is 1. The number of para-hydroxylation sites is 1. The summed E-state index contributed by atoms with van der Waals surface area (Å²) in [6, 6.07) is 53.3. The van der Waals surface area contributed by atoms with Crippen LogP contribution < -0.4 is 0 Å². The highest BCUT2D eigenvalue weighted by Gasteiger charge is 2.25. The standard InChI is InChI=1S/C44H30N4.C6H10O.Al.3H/c1-5-13-30(14-6-1)41-39-26-25-36(47-39)28-35-22-21-33(45-35)27-34-23-24-37(46-34)29-40-42(31-15-7-2-8-16-31)43(32-17-9-3-10-18-32)44(41)48(40)38-19-11-4-12-20-38;1-3-5-7-6-4-2;;;;/h1-29,45H;3-4H,1-2,5-6H2;;;;. The van der Waals surface area contributed by atoms with Crippen LogP contribution in [0.2, 0.25) is 0 Å². The fourth-order valence-electron chi connectivity index (χ4n) is 7.05. The Kier molecular flexibility index (Phi) is 12.0. The number of nitrogens with zero attached hydrogens (tertiary/aromatic N) is 3. The van der Waals surface area contributed by atoms with Crippen LogP contribution in [0.25, 0.3) is 85.4 Å².